The molecule has 0 radical (unpaired) electrons. The normalized spacial score (nSPS) is 12.9. The number of esters is 1. The minimum Gasteiger partial charge on any atom is -0.490 e. The van der Waals surface area contributed by atoms with E-state index < -0.39 is 5.97 Å². The van der Waals surface area contributed by atoms with Crippen LogP contribution >= 0.6 is 11.6 Å². The SMILES string of the molecule is O=C(CCCN1C(=O)c2cccc3cccc(c23)C1=O)OCCOc1ccc(Cl)cc1. The maximum Gasteiger partial charge on any atom is 0.305 e. The zero-order valence-electron chi connectivity index (χ0n) is 16.7. The lowest BCUT2D eigenvalue weighted by molar-refractivity contribution is -0.144. The first-order valence-electron chi connectivity index (χ1n) is 9.96. The molecular weight excluding hydrogens is 418 g/mol. The molecule has 0 atom stereocenters. The van der Waals surface area contributed by atoms with Gasteiger partial charge in [-0.05, 0) is 48.2 Å². The highest BCUT2D eigenvalue weighted by Gasteiger charge is 2.32. The van der Waals surface area contributed by atoms with Gasteiger partial charge in [0.15, 0.2) is 0 Å². The van der Waals surface area contributed by atoms with Crippen LogP contribution in [-0.4, -0.2) is 42.4 Å². The van der Waals surface area contributed by atoms with Crippen molar-refractivity contribution in [2.45, 2.75) is 12.8 Å². The molecule has 0 bridgehead atoms. The average Bonchev–Trinajstić information content (AvgIpc) is 2.78. The quantitative estimate of drug-likeness (QED) is 0.295. The molecule has 0 N–H and O–H groups in total. The number of carbonyl (C=O) groups is 3. The van der Waals surface area contributed by atoms with Gasteiger partial charge in [-0.25, -0.2) is 0 Å². The molecule has 3 aromatic carbocycles. The van der Waals surface area contributed by atoms with Crippen molar-refractivity contribution in [2.75, 3.05) is 19.8 Å². The fourth-order valence-electron chi connectivity index (χ4n) is 3.58. The van der Waals surface area contributed by atoms with Crippen LogP contribution in [0.25, 0.3) is 10.8 Å². The first-order valence-corrected chi connectivity index (χ1v) is 10.3. The zero-order chi connectivity index (χ0) is 21.8. The molecule has 31 heavy (non-hydrogen) atoms. The predicted molar refractivity (Wildman–Crippen MR) is 116 cm³/mol. The molecule has 6 nitrogen and oxygen atoms in total. The maximum atomic E-state index is 12.8. The van der Waals surface area contributed by atoms with Gasteiger partial charge in [0.05, 0.1) is 0 Å². The van der Waals surface area contributed by atoms with Crippen molar-refractivity contribution >= 4 is 40.2 Å². The lowest BCUT2D eigenvalue weighted by Gasteiger charge is -2.27. The molecule has 0 unspecified atom stereocenters. The lowest BCUT2D eigenvalue weighted by Crippen LogP contribution is -2.41. The first-order chi connectivity index (χ1) is 15.0. The molecule has 1 heterocycles. The van der Waals surface area contributed by atoms with E-state index in [1.54, 1.807) is 48.5 Å². The van der Waals surface area contributed by atoms with Gasteiger partial charge in [-0.2, -0.15) is 0 Å². The number of hydrogen-bond donors (Lipinski definition) is 0. The minimum absolute atomic E-state index is 0.101. The van der Waals surface area contributed by atoms with E-state index in [1.165, 1.54) is 4.90 Å². The smallest absolute Gasteiger partial charge is 0.305 e. The van der Waals surface area contributed by atoms with E-state index in [1.807, 2.05) is 12.1 Å². The van der Waals surface area contributed by atoms with Crippen LogP contribution in [0, 0.1) is 0 Å². The van der Waals surface area contributed by atoms with Crippen molar-refractivity contribution in [1.82, 2.24) is 4.90 Å². The number of carbonyl (C=O) groups excluding carboxylic acids is 3. The van der Waals surface area contributed by atoms with Crippen molar-refractivity contribution in [3.05, 3.63) is 76.8 Å². The second-order valence-corrected chi connectivity index (χ2v) is 7.53. The van der Waals surface area contributed by atoms with Crippen LogP contribution in [-0.2, 0) is 9.53 Å². The highest BCUT2D eigenvalue weighted by atomic mass is 35.5. The van der Waals surface area contributed by atoms with Crippen LogP contribution in [0.2, 0.25) is 5.02 Å². The Hall–Kier alpha value is -3.38. The Bertz CT molecular complexity index is 1090. The summed E-state index contributed by atoms with van der Waals surface area (Å²) < 4.78 is 10.6. The van der Waals surface area contributed by atoms with Crippen molar-refractivity contribution in [2.24, 2.45) is 0 Å². The third-order valence-corrected chi connectivity index (χ3v) is 5.30. The van der Waals surface area contributed by atoms with Crippen molar-refractivity contribution < 1.29 is 23.9 Å². The molecule has 4 rings (SSSR count). The van der Waals surface area contributed by atoms with Gasteiger partial charge >= 0.3 is 5.97 Å². The van der Waals surface area contributed by atoms with Gasteiger partial charge in [0.2, 0.25) is 0 Å². The Kier molecular flexibility index (Phi) is 6.18. The number of nitrogens with zero attached hydrogens (tertiary/aromatic N) is 1. The van der Waals surface area contributed by atoms with Gasteiger partial charge in [-0.1, -0.05) is 35.9 Å². The Morgan fingerprint density at radius 2 is 1.52 bits per heavy atom. The summed E-state index contributed by atoms with van der Waals surface area (Å²) in [6, 6.07) is 17.7. The van der Waals surface area contributed by atoms with Crippen molar-refractivity contribution in [3.8, 4) is 5.75 Å². The second-order valence-electron chi connectivity index (χ2n) is 7.10. The van der Waals surface area contributed by atoms with Crippen LogP contribution in [0.5, 0.6) is 5.75 Å². The number of benzene rings is 3. The van der Waals surface area contributed by atoms with Gasteiger partial charge < -0.3 is 9.47 Å². The molecule has 7 heteroatoms. The van der Waals surface area contributed by atoms with E-state index in [0.717, 1.165) is 5.39 Å². The van der Waals surface area contributed by atoms with Crippen LogP contribution in [0.3, 0.4) is 0 Å². The zero-order valence-corrected chi connectivity index (χ0v) is 17.4. The lowest BCUT2D eigenvalue weighted by atomic mass is 9.94. The third kappa shape index (κ3) is 4.54. The minimum atomic E-state index is -0.404. The van der Waals surface area contributed by atoms with E-state index >= 15 is 0 Å². The van der Waals surface area contributed by atoms with Gasteiger partial charge in [0, 0.05) is 34.5 Å². The maximum absolute atomic E-state index is 12.8. The third-order valence-electron chi connectivity index (χ3n) is 5.05. The summed E-state index contributed by atoms with van der Waals surface area (Å²) in [5.41, 5.74) is 1.02. The largest absolute Gasteiger partial charge is 0.490 e. The Morgan fingerprint density at radius 1 is 0.871 bits per heavy atom. The summed E-state index contributed by atoms with van der Waals surface area (Å²) >= 11 is 5.81. The summed E-state index contributed by atoms with van der Waals surface area (Å²) in [5.74, 6) is -0.435. The highest BCUT2D eigenvalue weighted by molar-refractivity contribution is 6.30. The van der Waals surface area contributed by atoms with Gasteiger partial charge in [-0.15, -0.1) is 0 Å². The number of ether oxygens (including phenoxy) is 2. The molecule has 2 amide bonds. The summed E-state index contributed by atoms with van der Waals surface area (Å²) in [6.07, 6.45) is 0.427. The molecule has 0 saturated heterocycles. The van der Waals surface area contributed by atoms with E-state index in [-0.39, 0.29) is 38.0 Å². The van der Waals surface area contributed by atoms with E-state index in [4.69, 9.17) is 21.1 Å². The van der Waals surface area contributed by atoms with Gasteiger partial charge in [0.1, 0.15) is 19.0 Å². The molecule has 3 aromatic rings. The standard InChI is InChI=1S/C24H20ClNO5/c25-17-9-11-18(12-10-17)30-14-15-31-21(27)8-3-13-26-23(28)19-6-1-4-16-5-2-7-20(22(16)19)24(26)29/h1-2,4-7,9-12H,3,8,13-15H2. The second kappa shape index (κ2) is 9.18. The number of amides is 2. The van der Waals surface area contributed by atoms with Crippen molar-refractivity contribution in [3.63, 3.8) is 0 Å². The number of halogens is 1. The Labute approximate surface area is 184 Å². The van der Waals surface area contributed by atoms with Crippen molar-refractivity contribution in [1.29, 1.82) is 0 Å². The summed E-state index contributed by atoms with van der Waals surface area (Å²) in [7, 11) is 0. The average molecular weight is 438 g/mol. The molecule has 0 saturated carbocycles. The van der Waals surface area contributed by atoms with Crippen LogP contribution in [0.15, 0.2) is 60.7 Å². The Balaban J connectivity index is 1.26. The fourth-order valence-corrected chi connectivity index (χ4v) is 3.71. The molecule has 1 aliphatic rings. The molecule has 0 aromatic heterocycles. The number of rotatable bonds is 8. The molecule has 0 aliphatic carbocycles. The van der Waals surface area contributed by atoms with Crippen LogP contribution < -0.4 is 4.74 Å². The molecule has 158 valence electrons. The summed E-state index contributed by atoms with van der Waals surface area (Å²) in [5, 5.41) is 2.17. The first kappa shape index (κ1) is 20.9. The monoisotopic (exact) mass is 437 g/mol. The highest BCUT2D eigenvalue weighted by Crippen LogP contribution is 2.30. The number of imide groups is 1. The van der Waals surface area contributed by atoms with E-state index in [0.29, 0.717) is 33.7 Å². The van der Waals surface area contributed by atoms with Gasteiger partial charge in [-0.3, -0.25) is 19.3 Å². The molecule has 0 spiro atoms. The molecular formula is C24H20ClNO5. The van der Waals surface area contributed by atoms with E-state index in [2.05, 4.69) is 0 Å². The summed E-state index contributed by atoms with van der Waals surface area (Å²) in [6.45, 7) is 0.481. The van der Waals surface area contributed by atoms with E-state index in [9.17, 15) is 14.4 Å². The van der Waals surface area contributed by atoms with Crippen LogP contribution in [0.1, 0.15) is 33.6 Å². The Morgan fingerprint density at radius 3 is 2.16 bits per heavy atom. The van der Waals surface area contributed by atoms with Crippen LogP contribution in [0.4, 0.5) is 0 Å². The van der Waals surface area contributed by atoms with Gasteiger partial charge in [0.25, 0.3) is 11.8 Å². The molecule has 0 fully saturated rings. The molecule has 1 aliphatic heterocycles. The fraction of sp³-hybridized carbons (Fsp3) is 0.208. The topological polar surface area (TPSA) is 72.9 Å². The summed E-state index contributed by atoms with van der Waals surface area (Å²) in [4.78, 5) is 38.8. The number of hydrogen-bond acceptors (Lipinski definition) is 5. The predicted octanol–water partition coefficient (Wildman–Crippen LogP) is 4.49.